The first kappa shape index (κ1) is 16.1. The van der Waals surface area contributed by atoms with E-state index in [0.717, 1.165) is 11.8 Å². The van der Waals surface area contributed by atoms with Gasteiger partial charge in [0, 0.05) is 18.1 Å². The van der Waals surface area contributed by atoms with Gasteiger partial charge in [0.05, 0.1) is 11.8 Å². The molecule has 0 radical (unpaired) electrons. The number of benzene rings is 1. The quantitative estimate of drug-likeness (QED) is 0.827. The van der Waals surface area contributed by atoms with Crippen LogP contribution in [-0.4, -0.2) is 58.3 Å². The largest absolute Gasteiger partial charge is 0.484 e. The summed E-state index contributed by atoms with van der Waals surface area (Å²) in [5, 5.41) is 0.385. The van der Waals surface area contributed by atoms with Crippen molar-refractivity contribution in [3.05, 3.63) is 29.3 Å². The molecule has 6 nitrogen and oxygen atoms in total. The second-order valence-corrected chi connectivity index (χ2v) is 6.71. The molecule has 1 atom stereocenters. The maximum absolute atomic E-state index is 12.2. The predicted octanol–water partition coefficient (Wildman–Crippen LogP) is 2.02. The highest BCUT2D eigenvalue weighted by Gasteiger charge is 2.40. The Balaban J connectivity index is 1.52. The Hall–Kier alpha value is -1.73. The summed E-state index contributed by atoms with van der Waals surface area (Å²) in [6.45, 7) is 0.820. The predicted molar refractivity (Wildman–Crippen MR) is 86.6 cm³/mol. The lowest BCUT2D eigenvalue weighted by Crippen LogP contribution is -2.42. The SMILES string of the molecule is O=C(COc1ccc(Cl)cc1)N1CCC(N2C(=O)CSC2=O)C1. The standard InChI is InChI=1S/C15H15ClN2O4S/c16-10-1-3-12(4-2-10)22-8-13(19)17-6-5-11(7-17)18-14(20)9-23-15(18)21/h1-4,11H,5-9H2. The van der Waals surface area contributed by atoms with Crippen molar-refractivity contribution in [1.29, 1.82) is 0 Å². The van der Waals surface area contributed by atoms with E-state index in [0.29, 0.717) is 30.3 Å². The maximum Gasteiger partial charge on any atom is 0.289 e. The van der Waals surface area contributed by atoms with Crippen LogP contribution in [0.2, 0.25) is 5.02 Å². The van der Waals surface area contributed by atoms with Gasteiger partial charge in [0.25, 0.3) is 11.1 Å². The number of amides is 3. The summed E-state index contributed by atoms with van der Waals surface area (Å²) >= 11 is 6.80. The number of rotatable bonds is 4. The minimum Gasteiger partial charge on any atom is -0.484 e. The first-order valence-corrected chi connectivity index (χ1v) is 8.56. The van der Waals surface area contributed by atoms with E-state index in [9.17, 15) is 14.4 Å². The molecular formula is C15H15ClN2O4S. The van der Waals surface area contributed by atoms with Gasteiger partial charge >= 0.3 is 0 Å². The van der Waals surface area contributed by atoms with Gasteiger partial charge in [0.2, 0.25) is 5.91 Å². The Morgan fingerprint density at radius 2 is 2.04 bits per heavy atom. The monoisotopic (exact) mass is 354 g/mol. The highest BCUT2D eigenvalue weighted by atomic mass is 35.5. The van der Waals surface area contributed by atoms with Gasteiger partial charge in [-0.15, -0.1) is 0 Å². The zero-order chi connectivity index (χ0) is 16.4. The van der Waals surface area contributed by atoms with E-state index < -0.39 is 0 Å². The van der Waals surface area contributed by atoms with Crippen molar-refractivity contribution in [2.45, 2.75) is 12.5 Å². The van der Waals surface area contributed by atoms with Crippen molar-refractivity contribution in [3.63, 3.8) is 0 Å². The molecule has 8 heteroatoms. The highest BCUT2D eigenvalue weighted by molar-refractivity contribution is 8.14. The topological polar surface area (TPSA) is 66.9 Å². The van der Waals surface area contributed by atoms with Crippen molar-refractivity contribution in [3.8, 4) is 5.75 Å². The zero-order valence-electron chi connectivity index (χ0n) is 12.2. The number of hydrogen-bond donors (Lipinski definition) is 0. The molecule has 23 heavy (non-hydrogen) atoms. The van der Waals surface area contributed by atoms with Crippen LogP contribution in [0.4, 0.5) is 4.79 Å². The van der Waals surface area contributed by atoms with Gasteiger partial charge in [-0.2, -0.15) is 0 Å². The molecule has 122 valence electrons. The van der Waals surface area contributed by atoms with E-state index in [-0.39, 0.29) is 35.5 Å². The molecule has 0 spiro atoms. The summed E-state index contributed by atoms with van der Waals surface area (Å²) in [5.74, 6) is 0.439. The molecule has 0 bridgehead atoms. The fraction of sp³-hybridized carbons (Fsp3) is 0.400. The summed E-state index contributed by atoms with van der Waals surface area (Å²) in [7, 11) is 0. The second-order valence-electron chi connectivity index (χ2n) is 5.34. The zero-order valence-corrected chi connectivity index (χ0v) is 13.8. The van der Waals surface area contributed by atoms with Gasteiger partial charge in [0.15, 0.2) is 6.61 Å². The fourth-order valence-corrected chi connectivity index (χ4v) is 3.57. The van der Waals surface area contributed by atoms with Crippen LogP contribution < -0.4 is 4.74 Å². The molecule has 3 rings (SSSR count). The van der Waals surface area contributed by atoms with Crippen LogP contribution in [-0.2, 0) is 9.59 Å². The normalized spacial score (nSPS) is 21.2. The van der Waals surface area contributed by atoms with Crippen molar-refractivity contribution in [1.82, 2.24) is 9.80 Å². The van der Waals surface area contributed by atoms with Crippen molar-refractivity contribution < 1.29 is 19.1 Å². The summed E-state index contributed by atoms with van der Waals surface area (Å²) in [4.78, 5) is 38.6. The van der Waals surface area contributed by atoms with E-state index in [1.807, 2.05) is 0 Å². The van der Waals surface area contributed by atoms with Gasteiger partial charge in [-0.3, -0.25) is 19.3 Å². The molecule has 2 aliphatic rings. The van der Waals surface area contributed by atoms with Crippen LogP contribution >= 0.6 is 23.4 Å². The molecule has 0 aliphatic carbocycles. The van der Waals surface area contributed by atoms with E-state index in [1.54, 1.807) is 29.2 Å². The summed E-state index contributed by atoms with van der Waals surface area (Å²) in [6, 6.07) is 6.55. The molecule has 2 saturated heterocycles. The molecule has 0 saturated carbocycles. The smallest absolute Gasteiger partial charge is 0.289 e. The average molecular weight is 355 g/mol. The van der Waals surface area contributed by atoms with Crippen LogP contribution in [0.15, 0.2) is 24.3 Å². The Labute approximate surface area is 142 Å². The molecule has 0 N–H and O–H groups in total. The lowest BCUT2D eigenvalue weighted by Gasteiger charge is -2.22. The number of imide groups is 1. The molecule has 2 heterocycles. The number of nitrogens with zero attached hydrogens (tertiary/aromatic N) is 2. The number of carbonyl (C=O) groups is 3. The molecule has 1 aromatic rings. The third-order valence-corrected chi connectivity index (χ3v) is 4.93. The van der Waals surface area contributed by atoms with Gasteiger partial charge < -0.3 is 9.64 Å². The molecule has 2 aliphatic heterocycles. The Bertz CT molecular complexity index is 621. The maximum atomic E-state index is 12.2. The number of hydrogen-bond acceptors (Lipinski definition) is 5. The minimum atomic E-state index is -0.218. The molecule has 1 aromatic carbocycles. The third-order valence-electron chi connectivity index (χ3n) is 3.84. The van der Waals surface area contributed by atoms with Crippen LogP contribution in [0, 0.1) is 0 Å². The van der Waals surface area contributed by atoms with Crippen LogP contribution in [0.3, 0.4) is 0 Å². The number of likely N-dealkylation sites (tertiary alicyclic amines) is 1. The Morgan fingerprint density at radius 1 is 1.30 bits per heavy atom. The van der Waals surface area contributed by atoms with Gasteiger partial charge in [-0.05, 0) is 30.7 Å². The van der Waals surface area contributed by atoms with Crippen molar-refractivity contribution in [2.24, 2.45) is 0 Å². The van der Waals surface area contributed by atoms with Gasteiger partial charge in [-0.25, -0.2) is 0 Å². The lowest BCUT2D eigenvalue weighted by atomic mass is 10.2. The summed E-state index contributed by atoms with van der Waals surface area (Å²) in [5.41, 5.74) is 0. The van der Waals surface area contributed by atoms with E-state index in [2.05, 4.69) is 0 Å². The van der Waals surface area contributed by atoms with E-state index >= 15 is 0 Å². The minimum absolute atomic E-state index is 0.0784. The second kappa shape index (κ2) is 6.80. The molecular weight excluding hydrogens is 340 g/mol. The summed E-state index contributed by atoms with van der Waals surface area (Å²) < 4.78 is 5.44. The number of thioether (sulfide) groups is 1. The highest BCUT2D eigenvalue weighted by Crippen LogP contribution is 2.26. The van der Waals surface area contributed by atoms with E-state index in [4.69, 9.17) is 16.3 Å². The summed E-state index contributed by atoms with van der Waals surface area (Å²) in [6.07, 6.45) is 0.616. The molecule has 2 fully saturated rings. The Kier molecular flexibility index (Phi) is 4.77. The first-order chi connectivity index (χ1) is 11.0. The van der Waals surface area contributed by atoms with Crippen molar-refractivity contribution in [2.75, 3.05) is 25.4 Å². The van der Waals surface area contributed by atoms with Gasteiger partial charge in [-0.1, -0.05) is 23.4 Å². The lowest BCUT2D eigenvalue weighted by molar-refractivity contribution is -0.133. The molecule has 0 aromatic heterocycles. The molecule has 3 amide bonds. The van der Waals surface area contributed by atoms with E-state index in [1.165, 1.54) is 4.90 Å². The molecule has 1 unspecified atom stereocenters. The number of carbonyl (C=O) groups excluding carboxylic acids is 3. The number of ether oxygens (including phenoxy) is 1. The first-order valence-electron chi connectivity index (χ1n) is 7.19. The van der Waals surface area contributed by atoms with Crippen LogP contribution in [0.25, 0.3) is 0 Å². The average Bonchev–Trinajstić information content (AvgIpc) is 3.13. The Morgan fingerprint density at radius 3 is 2.70 bits per heavy atom. The fourth-order valence-electron chi connectivity index (χ4n) is 2.66. The number of halogens is 1. The third kappa shape index (κ3) is 3.61. The van der Waals surface area contributed by atoms with Crippen LogP contribution in [0.1, 0.15) is 6.42 Å². The van der Waals surface area contributed by atoms with Gasteiger partial charge in [0.1, 0.15) is 5.75 Å². The van der Waals surface area contributed by atoms with Crippen molar-refractivity contribution >= 4 is 40.4 Å². The van der Waals surface area contributed by atoms with Crippen LogP contribution in [0.5, 0.6) is 5.75 Å².